The van der Waals surface area contributed by atoms with E-state index >= 15 is 0 Å². The van der Waals surface area contributed by atoms with Gasteiger partial charge in [-0.25, -0.2) is 0 Å². The Hall–Kier alpha value is -1.20. The van der Waals surface area contributed by atoms with Crippen molar-refractivity contribution < 1.29 is 9.63 Å². The molecular formula is C12H11BrN2O2. The number of aromatic nitrogens is 2. The van der Waals surface area contributed by atoms with E-state index < -0.39 is 0 Å². The van der Waals surface area contributed by atoms with Gasteiger partial charge in [-0.1, -0.05) is 33.2 Å². The van der Waals surface area contributed by atoms with Crippen molar-refractivity contribution in [2.75, 3.05) is 0 Å². The number of halogens is 1. The van der Waals surface area contributed by atoms with Gasteiger partial charge in [0.05, 0.1) is 6.10 Å². The summed E-state index contributed by atoms with van der Waals surface area (Å²) in [6.45, 7) is 0. The highest BCUT2D eigenvalue weighted by Gasteiger charge is 2.33. The first-order valence-corrected chi connectivity index (χ1v) is 6.30. The standard InChI is InChI=1S/C12H11BrN2O2/c13-10-4-2-1-3-9(10)11-14-12(17-15-11)7-5-8(16)6-7/h1-4,7-8,16H,5-6H2. The van der Waals surface area contributed by atoms with Crippen molar-refractivity contribution in [1.29, 1.82) is 0 Å². The maximum atomic E-state index is 9.25. The summed E-state index contributed by atoms with van der Waals surface area (Å²) < 4.78 is 6.18. The fraction of sp³-hybridized carbons (Fsp3) is 0.333. The molecule has 0 spiro atoms. The smallest absolute Gasteiger partial charge is 0.230 e. The molecule has 1 aliphatic carbocycles. The highest BCUT2D eigenvalue weighted by atomic mass is 79.9. The number of hydrogen-bond acceptors (Lipinski definition) is 4. The Morgan fingerprint density at radius 2 is 2.06 bits per heavy atom. The van der Waals surface area contributed by atoms with Gasteiger partial charge < -0.3 is 9.63 Å². The molecule has 0 atom stereocenters. The molecule has 0 unspecified atom stereocenters. The Kier molecular flexibility index (Phi) is 2.72. The van der Waals surface area contributed by atoms with Gasteiger partial charge in [0.15, 0.2) is 0 Å². The molecular weight excluding hydrogens is 284 g/mol. The van der Waals surface area contributed by atoms with Crippen LogP contribution in [0.2, 0.25) is 0 Å². The molecule has 0 bridgehead atoms. The molecule has 1 saturated carbocycles. The van der Waals surface area contributed by atoms with E-state index in [1.54, 1.807) is 0 Å². The van der Waals surface area contributed by atoms with Gasteiger partial charge in [-0.15, -0.1) is 0 Å². The zero-order valence-electron chi connectivity index (χ0n) is 9.01. The Balaban J connectivity index is 1.88. The van der Waals surface area contributed by atoms with E-state index in [1.165, 1.54) is 0 Å². The van der Waals surface area contributed by atoms with Crippen molar-refractivity contribution in [3.63, 3.8) is 0 Å². The van der Waals surface area contributed by atoms with Gasteiger partial charge in [-0.2, -0.15) is 4.98 Å². The zero-order valence-corrected chi connectivity index (χ0v) is 10.6. The summed E-state index contributed by atoms with van der Waals surface area (Å²) in [4.78, 5) is 4.38. The topological polar surface area (TPSA) is 59.2 Å². The Morgan fingerprint density at radius 3 is 2.76 bits per heavy atom. The first kappa shape index (κ1) is 10.9. The molecule has 1 heterocycles. The van der Waals surface area contributed by atoms with E-state index in [0.717, 1.165) is 22.9 Å². The number of aliphatic hydroxyl groups is 1. The van der Waals surface area contributed by atoms with Crippen LogP contribution < -0.4 is 0 Å². The lowest BCUT2D eigenvalue weighted by atomic mass is 9.82. The second-order valence-electron chi connectivity index (χ2n) is 4.26. The van der Waals surface area contributed by atoms with Crippen LogP contribution in [-0.2, 0) is 0 Å². The monoisotopic (exact) mass is 294 g/mol. The first-order chi connectivity index (χ1) is 8.24. The number of rotatable bonds is 2. The molecule has 1 aromatic carbocycles. The molecule has 1 aromatic heterocycles. The maximum Gasteiger partial charge on any atom is 0.230 e. The van der Waals surface area contributed by atoms with Gasteiger partial charge >= 0.3 is 0 Å². The van der Waals surface area contributed by atoms with Crippen LogP contribution in [0, 0.1) is 0 Å². The molecule has 0 amide bonds. The summed E-state index contributed by atoms with van der Waals surface area (Å²) >= 11 is 3.46. The summed E-state index contributed by atoms with van der Waals surface area (Å²) in [7, 11) is 0. The molecule has 1 fully saturated rings. The zero-order chi connectivity index (χ0) is 11.8. The minimum absolute atomic E-state index is 0.209. The molecule has 88 valence electrons. The molecule has 0 radical (unpaired) electrons. The van der Waals surface area contributed by atoms with Gasteiger partial charge in [0, 0.05) is 16.0 Å². The van der Waals surface area contributed by atoms with Crippen LogP contribution in [0.25, 0.3) is 11.4 Å². The van der Waals surface area contributed by atoms with E-state index in [1.807, 2.05) is 24.3 Å². The van der Waals surface area contributed by atoms with Crippen LogP contribution in [0.15, 0.2) is 33.3 Å². The Morgan fingerprint density at radius 1 is 1.29 bits per heavy atom. The predicted octanol–water partition coefficient (Wildman–Crippen LogP) is 2.74. The number of hydrogen-bond donors (Lipinski definition) is 1. The molecule has 0 aliphatic heterocycles. The van der Waals surface area contributed by atoms with Crippen molar-refractivity contribution in [3.05, 3.63) is 34.6 Å². The molecule has 0 saturated heterocycles. The van der Waals surface area contributed by atoms with Crippen molar-refractivity contribution in [2.45, 2.75) is 24.9 Å². The van der Waals surface area contributed by atoms with Crippen molar-refractivity contribution in [3.8, 4) is 11.4 Å². The largest absolute Gasteiger partial charge is 0.393 e. The van der Waals surface area contributed by atoms with Crippen LogP contribution >= 0.6 is 15.9 Å². The highest BCUT2D eigenvalue weighted by Crippen LogP contribution is 2.37. The molecule has 17 heavy (non-hydrogen) atoms. The third-order valence-electron chi connectivity index (χ3n) is 3.02. The summed E-state index contributed by atoms with van der Waals surface area (Å²) in [6.07, 6.45) is 1.23. The minimum atomic E-state index is -0.209. The summed E-state index contributed by atoms with van der Waals surface area (Å²) in [5.41, 5.74) is 0.919. The molecule has 1 aliphatic rings. The van der Waals surface area contributed by atoms with Gasteiger partial charge in [0.2, 0.25) is 11.7 Å². The number of aliphatic hydroxyl groups excluding tert-OH is 1. The normalized spacial score (nSPS) is 23.4. The first-order valence-electron chi connectivity index (χ1n) is 5.50. The van der Waals surface area contributed by atoms with Crippen LogP contribution in [0.4, 0.5) is 0 Å². The van der Waals surface area contributed by atoms with Crippen LogP contribution in [0.3, 0.4) is 0 Å². The van der Waals surface area contributed by atoms with E-state index in [0.29, 0.717) is 11.7 Å². The lowest BCUT2D eigenvalue weighted by Crippen LogP contribution is -2.26. The van der Waals surface area contributed by atoms with Gasteiger partial charge in [-0.3, -0.25) is 0 Å². The van der Waals surface area contributed by atoms with Crippen molar-refractivity contribution in [2.24, 2.45) is 0 Å². The van der Waals surface area contributed by atoms with Gasteiger partial charge in [0.25, 0.3) is 0 Å². The molecule has 2 aromatic rings. The average Bonchev–Trinajstić information content (AvgIpc) is 2.74. The molecule has 5 heteroatoms. The summed E-state index contributed by atoms with van der Waals surface area (Å²) in [5.74, 6) is 1.43. The second-order valence-corrected chi connectivity index (χ2v) is 5.11. The van der Waals surface area contributed by atoms with Crippen LogP contribution in [0.1, 0.15) is 24.7 Å². The third-order valence-corrected chi connectivity index (χ3v) is 3.71. The molecule has 4 nitrogen and oxygen atoms in total. The Bertz CT molecular complexity index is 535. The maximum absolute atomic E-state index is 9.25. The lowest BCUT2D eigenvalue weighted by Gasteiger charge is -2.27. The second kappa shape index (κ2) is 4.23. The van der Waals surface area contributed by atoms with Crippen LogP contribution in [-0.4, -0.2) is 21.4 Å². The van der Waals surface area contributed by atoms with E-state index in [4.69, 9.17) is 4.52 Å². The minimum Gasteiger partial charge on any atom is -0.393 e. The van der Waals surface area contributed by atoms with E-state index in [2.05, 4.69) is 26.1 Å². The number of nitrogens with zero attached hydrogens (tertiary/aromatic N) is 2. The van der Waals surface area contributed by atoms with Gasteiger partial charge in [-0.05, 0) is 25.0 Å². The SMILES string of the molecule is OC1CC(c2nc(-c3ccccc3Br)no2)C1. The number of benzene rings is 1. The lowest BCUT2D eigenvalue weighted by molar-refractivity contribution is 0.0625. The fourth-order valence-electron chi connectivity index (χ4n) is 1.94. The summed E-state index contributed by atoms with van der Waals surface area (Å²) in [5, 5.41) is 13.2. The van der Waals surface area contributed by atoms with Crippen molar-refractivity contribution >= 4 is 15.9 Å². The predicted molar refractivity (Wildman–Crippen MR) is 65.4 cm³/mol. The molecule has 1 N–H and O–H groups in total. The average molecular weight is 295 g/mol. The van der Waals surface area contributed by atoms with Crippen molar-refractivity contribution in [1.82, 2.24) is 10.1 Å². The van der Waals surface area contributed by atoms with E-state index in [9.17, 15) is 5.11 Å². The molecule has 3 rings (SSSR count). The summed E-state index contributed by atoms with van der Waals surface area (Å²) in [6, 6.07) is 7.76. The van der Waals surface area contributed by atoms with E-state index in [-0.39, 0.29) is 12.0 Å². The van der Waals surface area contributed by atoms with Gasteiger partial charge in [0.1, 0.15) is 0 Å². The quantitative estimate of drug-likeness (QED) is 0.925. The third kappa shape index (κ3) is 2.00. The fourth-order valence-corrected chi connectivity index (χ4v) is 2.40. The highest BCUT2D eigenvalue weighted by molar-refractivity contribution is 9.10. The van der Waals surface area contributed by atoms with Crippen LogP contribution in [0.5, 0.6) is 0 Å². The Labute approximate surface area is 107 Å².